The van der Waals surface area contributed by atoms with Crippen molar-refractivity contribution in [3.05, 3.63) is 59.1 Å². The number of rotatable bonds is 3. The van der Waals surface area contributed by atoms with Gasteiger partial charge in [0.25, 0.3) is 0 Å². The third kappa shape index (κ3) is 3.56. The zero-order valence-corrected chi connectivity index (χ0v) is 17.3. The maximum Gasteiger partial charge on any atom is 0.129 e. The molecule has 4 aromatic rings. The molecular weight excluding hydrogens is 352 g/mol. The zero-order valence-electron chi connectivity index (χ0n) is 16.4. The van der Waals surface area contributed by atoms with E-state index < -0.39 is 0 Å². The van der Waals surface area contributed by atoms with Crippen molar-refractivity contribution in [1.82, 2.24) is 19.9 Å². The van der Waals surface area contributed by atoms with Crippen LogP contribution in [0.2, 0.25) is 0 Å². The summed E-state index contributed by atoms with van der Waals surface area (Å²) in [5.74, 6) is 0.849. The summed E-state index contributed by atoms with van der Waals surface area (Å²) in [5, 5.41) is 0. The summed E-state index contributed by atoms with van der Waals surface area (Å²) < 4.78 is 1.22. The van der Waals surface area contributed by atoms with Crippen molar-refractivity contribution in [2.45, 2.75) is 51.9 Å². The summed E-state index contributed by atoms with van der Waals surface area (Å²) in [7, 11) is 0. The topological polar surface area (TPSA) is 51.6 Å². The molecular formula is C22H24N4S. The van der Waals surface area contributed by atoms with Crippen LogP contribution in [0.5, 0.6) is 0 Å². The van der Waals surface area contributed by atoms with E-state index in [1.165, 1.54) is 10.3 Å². The predicted molar refractivity (Wildman–Crippen MR) is 112 cm³/mol. The molecule has 4 rings (SSSR count). The van der Waals surface area contributed by atoms with E-state index in [2.05, 4.69) is 74.9 Å². The van der Waals surface area contributed by atoms with Crippen LogP contribution in [0.25, 0.3) is 21.3 Å². The molecule has 4 nitrogen and oxygen atoms in total. The maximum atomic E-state index is 4.78. The van der Waals surface area contributed by atoms with Crippen LogP contribution >= 0.6 is 11.3 Å². The van der Waals surface area contributed by atoms with Gasteiger partial charge >= 0.3 is 0 Å². The normalized spacial score (nSPS) is 12.8. The molecule has 0 bridgehead atoms. The molecule has 0 saturated carbocycles. The molecule has 138 valence electrons. The third-order valence-electron chi connectivity index (χ3n) is 4.97. The molecule has 0 radical (unpaired) electrons. The van der Waals surface area contributed by atoms with Gasteiger partial charge in [0, 0.05) is 17.5 Å². The summed E-state index contributed by atoms with van der Waals surface area (Å²) in [6.07, 6.45) is 2.63. The van der Waals surface area contributed by atoms with Gasteiger partial charge in [-0.2, -0.15) is 0 Å². The molecule has 0 aliphatic carbocycles. The summed E-state index contributed by atoms with van der Waals surface area (Å²) in [4.78, 5) is 18.5. The predicted octanol–water partition coefficient (Wildman–Crippen LogP) is 5.45. The Bertz CT molecular complexity index is 1120. The number of hydrogen-bond acceptors (Lipinski definition) is 5. The van der Waals surface area contributed by atoms with Crippen molar-refractivity contribution < 1.29 is 0 Å². The van der Waals surface area contributed by atoms with E-state index >= 15 is 0 Å². The van der Waals surface area contributed by atoms with Crippen molar-refractivity contribution in [2.75, 3.05) is 0 Å². The van der Waals surface area contributed by atoms with Crippen LogP contribution in [0, 0.1) is 0 Å². The lowest BCUT2D eigenvalue weighted by Crippen LogP contribution is -2.22. The Kier molecular flexibility index (Phi) is 4.22. The molecule has 0 aliphatic rings. The van der Waals surface area contributed by atoms with Gasteiger partial charge in [0.2, 0.25) is 0 Å². The van der Waals surface area contributed by atoms with Gasteiger partial charge in [0.15, 0.2) is 0 Å². The monoisotopic (exact) mass is 376 g/mol. The number of hydrogen-bond donors (Lipinski definition) is 0. The highest BCUT2D eigenvalue weighted by molar-refractivity contribution is 7.16. The fourth-order valence-corrected chi connectivity index (χ4v) is 3.95. The van der Waals surface area contributed by atoms with Gasteiger partial charge in [-0.1, -0.05) is 40.7 Å². The van der Waals surface area contributed by atoms with E-state index in [1.54, 1.807) is 11.3 Å². The van der Waals surface area contributed by atoms with Crippen LogP contribution in [-0.4, -0.2) is 19.9 Å². The Morgan fingerprint density at radius 2 is 1.63 bits per heavy atom. The molecule has 3 aromatic heterocycles. The molecule has 0 spiro atoms. The van der Waals surface area contributed by atoms with Gasteiger partial charge in [-0.3, -0.25) is 0 Å². The minimum absolute atomic E-state index is 0.0180. The van der Waals surface area contributed by atoms with Crippen molar-refractivity contribution in [3.63, 3.8) is 0 Å². The summed E-state index contributed by atoms with van der Waals surface area (Å²) in [6, 6.07) is 10.6. The highest BCUT2D eigenvalue weighted by atomic mass is 32.1. The summed E-state index contributed by atoms with van der Waals surface area (Å²) in [5.41, 5.74) is 7.01. The van der Waals surface area contributed by atoms with Gasteiger partial charge < -0.3 is 0 Å². The Morgan fingerprint density at radius 1 is 0.852 bits per heavy atom. The van der Waals surface area contributed by atoms with Gasteiger partial charge in [-0.05, 0) is 35.2 Å². The van der Waals surface area contributed by atoms with Gasteiger partial charge in [0.05, 0.1) is 27.4 Å². The lowest BCUT2D eigenvalue weighted by molar-refractivity contribution is 0.508. The maximum absolute atomic E-state index is 4.78. The van der Waals surface area contributed by atoms with Crippen LogP contribution in [0.1, 0.15) is 51.7 Å². The van der Waals surface area contributed by atoms with Crippen molar-refractivity contribution in [2.24, 2.45) is 0 Å². The van der Waals surface area contributed by atoms with Crippen LogP contribution in [0.4, 0.5) is 0 Å². The molecule has 0 aliphatic heterocycles. The van der Waals surface area contributed by atoms with E-state index in [0.29, 0.717) is 0 Å². The number of fused-ring (bicyclic) bond motifs is 2. The minimum Gasteiger partial charge on any atom is -0.249 e. The molecule has 0 unspecified atom stereocenters. The van der Waals surface area contributed by atoms with E-state index in [-0.39, 0.29) is 10.8 Å². The number of benzene rings is 1. The van der Waals surface area contributed by atoms with Crippen molar-refractivity contribution >= 4 is 32.6 Å². The van der Waals surface area contributed by atoms with E-state index in [1.807, 2.05) is 11.7 Å². The first-order chi connectivity index (χ1) is 12.7. The van der Waals surface area contributed by atoms with E-state index in [0.717, 1.165) is 34.5 Å². The van der Waals surface area contributed by atoms with Gasteiger partial charge in [0.1, 0.15) is 11.3 Å². The Morgan fingerprint density at radius 3 is 2.41 bits per heavy atom. The smallest absolute Gasteiger partial charge is 0.129 e. The number of thiazole rings is 1. The summed E-state index contributed by atoms with van der Waals surface area (Å²) >= 11 is 1.68. The van der Waals surface area contributed by atoms with Crippen LogP contribution in [-0.2, 0) is 17.3 Å². The molecule has 5 heteroatoms. The molecule has 3 heterocycles. The lowest BCUT2D eigenvalue weighted by atomic mass is 9.81. The number of nitrogens with zero attached hydrogens (tertiary/aromatic N) is 4. The molecule has 27 heavy (non-hydrogen) atoms. The lowest BCUT2D eigenvalue weighted by Gasteiger charge is -2.24. The SMILES string of the molecule is CC(C)(C)c1ccc2nc(CC(C)(C)c3ccc4ncsc4c3)ncc2n1. The Labute approximate surface area is 163 Å². The third-order valence-corrected chi connectivity index (χ3v) is 5.76. The molecule has 0 N–H and O–H groups in total. The van der Waals surface area contributed by atoms with Crippen molar-refractivity contribution in [1.29, 1.82) is 0 Å². The first-order valence-electron chi connectivity index (χ1n) is 9.19. The van der Waals surface area contributed by atoms with Crippen LogP contribution in [0.15, 0.2) is 42.0 Å². The largest absolute Gasteiger partial charge is 0.249 e. The molecule has 1 aromatic carbocycles. The first kappa shape index (κ1) is 18.0. The summed E-state index contributed by atoms with van der Waals surface area (Å²) in [6.45, 7) is 11.0. The van der Waals surface area contributed by atoms with Gasteiger partial charge in [-0.25, -0.2) is 19.9 Å². The average molecular weight is 377 g/mol. The minimum atomic E-state index is -0.0648. The highest BCUT2D eigenvalue weighted by Crippen LogP contribution is 2.31. The van der Waals surface area contributed by atoms with Crippen LogP contribution in [0.3, 0.4) is 0 Å². The Hall–Kier alpha value is -2.40. The second-order valence-electron chi connectivity index (χ2n) is 8.73. The number of aromatic nitrogens is 4. The Balaban J connectivity index is 1.65. The quantitative estimate of drug-likeness (QED) is 0.477. The average Bonchev–Trinajstić information content (AvgIpc) is 3.08. The standard InChI is InChI=1S/C22H24N4S/c1-21(2,3)19-9-8-15-17(25-19)12-23-20(26-15)11-22(4,5)14-6-7-16-18(10-14)27-13-24-16/h6-10,12-13H,11H2,1-5H3. The molecule has 0 fully saturated rings. The fourth-order valence-electron chi connectivity index (χ4n) is 3.24. The van der Waals surface area contributed by atoms with E-state index in [4.69, 9.17) is 9.97 Å². The second kappa shape index (κ2) is 6.34. The van der Waals surface area contributed by atoms with Gasteiger partial charge in [-0.15, -0.1) is 11.3 Å². The molecule has 0 saturated heterocycles. The molecule has 0 atom stereocenters. The number of pyridine rings is 1. The fraction of sp³-hybridized carbons (Fsp3) is 0.364. The van der Waals surface area contributed by atoms with E-state index in [9.17, 15) is 0 Å². The van der Waals surface area contributed by atoms with Crippen molar-refractivity contribution in [3.8, 4) is 0 Å². The molecule has 0 amide bonds. The first-order valence-corrected chi connectivity index (χ1v) is 10.1. The highest BCUT2D eigenvalue weighted by Gasteiger charge is 2.24. The van der Waals surface area contributed by atoms with Crippen LogP contribution < -0.4 is 0 Å². The zero-order chi connectivity index (χ0) is 19.2. The second-order valence-corrected chi connectivity index (χ2v) is 9.62.